The number of hydrogen-bond donors (Lipinski definition) is 1. The second-order valence-electron chi connectivity index (χ2n) is 4.02. The van der Waals surface area contributed by atoms with E-state index >= 15 is 0 Å². The molecule has 0 unspecified atom stereocenters. The molecular weight excluding hydrogens is 218 g/mol. The SMILES string of the molecule is CN(C)CCN(C)C(=S)Nc1ccccc1. The number of nitrogens with zero attached hydrogens (tertiary/aromatic N) is 2. The van der Waals surface area contributed by atoms with E-state index in [1.807, 2.05) is 42.3 Å². The highest BCUT2D eigenvalue weighted by atomic mass is 32.1. The van der Waals surface area contributed by atoms with E-state index in [-0.39, 0.29) is 0 Å². The van der Waals surface area contributed by atoms with Crippen molar-refractivity contribution in [2.24, 2.45) is 0 Å². The van der Waals surface area contributed by atoms with Gasteiger partial charge in [-0.2, -0.15) is 0 Å². The predicted molar refractivity (Wildman–Crippen MR) is 73.8 cm³/mol. The highest BCUT2D eigenvalue weighted by molar-refractivity contribution is 7.80. The number of hydrogen-bond acceptors (Lipinski definition) is 2. The highest BCUT2D eigenvalue weighted by Crippen LogP contribution is 2.05. The maximum absolute atomic E-state index is 5.31. The van der Waals surface area contributed by atoms with Gasteiger partial charge < -0.3 is 15.1 Å². The number of thiocarbonyl (C=S) groups is 1. The number of benzene rings is 1. The highest BCUT2D eigenvalue weighted by Gasteiger charge is 2.04. The molecule has 16 heavy (non-hydrogen) atoms. The van der Waals surface area contributed by atoms with Gasteiger partial charge in [-0.25, -0.2) is 0 Å². The van der Waals surface area contributed by atoms with E-state index in [4.69, 9.17) is 12.2 Å². The Labute approximate surface area is 103 Å². The molecule has 0 aliphatic carbocycles. The second kappa shape index (κ2) is 6.45. The van der Waals surface area contributed by atoms with Crippen LogP contribution in [0.2, 0.25) is 0 Å². The molecule has 88 valence electrons. The molecule has 0 spiro atoms. The van der Waals surface area contributed by atoms with Gasteiger partial charge in [0.25, 0.3) is 0 Å². The minimum atomic E-state index is 0.757. The smallest absolute Gasteiger partial charge is 0.173 e. The topological polar surface area (TPSA) is 18.5 Å². The molecule has 1 N–H and O–H groups in total. The normalized spacial score (nSPS) is 10.2. The average molecular weight is 237 g/mol. The van der Waals surface area contributed by atoms with Crippen molar-refractivity contribution in [3.63, 3.8) is 0 Å². The minimum Gasteiger partial charge on any atom is -0.351 e. The lowest BCUT2D eigenvalue weighted by molar-refractivity contribution is 0.359. The van der Waals surface area contributed by atoms with E-state index in [1.165, 1.54) is 0 Å². The van der Waals surface area contributed by atoms with Crippen LogP contribution in [0.15, 0.2) is 30.3 Å². The first-order valence-electron chi connectivity index (χ1n) is 5.31. The van der Waals surface area contributed by atoms with Crippen LogP contribution in [0.25, 0.3) is 0 Å². The molecule has 0 fully saturated rings. The van der Waals surface area contributed by atoms with Crippen molar-refractivity contribution in [1.29, 1.82) is 0 Å². The van der Waals surface area contributed by atoms with Gasteiger partial charge in [-0.3, -0.25) is 0 Å². The molecule has 0 heterocycles. The van der Waals surface area contributed by atoms with Crippen LogP contribution in [0.1, 0.15) is 0 Å². The Kier molecular flexibility index (Phi) is 5.22. The fourth-order valence-corrected chi connectivity index (χ4v) is 1.40. The summed E-state index contributed by atoms with van der Waals surface area (Å²) in [5, 5.41) is 3.96. The summed E-state index contributed by atoms with van der Waals surface area (Å²) in [6, 6.07) is 9.98. The second-order valence-corrected chi connectivity index (χ2v) is 4.41. The van der Waals surface area contributed by atoms with Crippen molar-refractivity contribution < 1.29 is 0 Å². The van der Waals surface area contributed by atoms with Crippen molar-refractivity contribution in [1.82, 2.24) is 9.80 Å². The van der Waals surface area contributed by atoms with Gasteiger partial charge in [0.2, 0.25) is 0 Å². The molecule has 0 aromatic heterocycles. The van der Waals surface area contributed by atoms with Gasteiger partial charge in [0.15, 0.2) is 5.11 Å². The number of nitrogens with one attached hydrogen (secondary N) is 1. The van der Waals surface area contributed by atoms with Gasteiger partial charge in [0, 0.05) is 25.8 Å². The lowest BCUT2D eigenvalue weighted by atomic mass is 10.3. The Morgan fingerprint density at radius 2 is 1.75 bits per heavy atom. The third-order valence-electron chi connectivity index (χ3n) is 2.25. The van der Waals surface area contributed by atoms with E-state index in [2.05, 4.69) is 24.3 Å². The van der Waals surface area contributed by atoms with E-state index in [1.54, 1.807) is 0 Å². The fourth-order valence-electron chi connectivity index (χ4n) is 1.19. The van der Waals surface area contributed by atoms with Crippen molar-refractivity contribution >= 4 is 23.0 Å². The van der Waals surface area contributed by atoms with Gasteiger partial charge in [0.1, 0.15) is 0 Å². The summed E-state index contributed by atoms with van der Waals surface area (Å²) < 4.78 is 0. The molecule has 0 bridgehead atoms. The lowest BCUT2D eigenvalue weighted by Crippen LogP contribution is -2.36. The number of para-hydroxylation sites is 1. The van der Waals surface area contributed by atoms with Crippen LogP contribution >= 0.6 is 12.2 Å². The molecule has 3 nitrogen and oxygen atoms in total. The summed E-state index contributed by atoms with van der Waals surface area (Å²) >= 11 is 5.31. The van der Waals surface area contributed by atoms with Crippen LogP contribution in [0.4, 0.5) is 5.69 Å². The molecule has 0 aliphatic rings. The Morgan fingerprint density at radius 1 is 1.12 bits per heavy atom. The van der Waals surface area contributed by atoms with Crippen molar-refractivity contribution in [3.8, 4) is 0 Å². The van der Waals surface area contributed by atoms with Gasteiger partial charge in [-0.05, 0) is 38.4 Å². The summed E-state index contributed by atoms with van der Waals surface area (Å²) in [6.45, 7) is 1.92. The van der Waals surface area contributed by atoms with Gasteiger partial charge in [-0.1, -0.05) is 18.2 Å². The summed E-state index contributed by atoms with van der Waals surface area (Å²) in [6.07, 6.45) is 0. The zero-order chi connectivity index (χ0) is 12.0. The monoisotopic (exact) mass is 237 g/mol. The fraction of sp³-hybridized carbons (Fsp3) is 0.417. The Balaban J connectivity index is 2.40. The lowest BCUT2D eigenvalue weighted by Gasteiger charge is -2.22. The van der Waals surface area contributed by atoms with Gasteiger partial charge >= 0.3 is 0 Å². The zero-order valence-corrected chi connectivity index (χ0v) is 10.9. The van der Waals surface area contributed by atoms with Crippen LogP contribution < -0.4 is 5.32 Å². The number of anilines is 1. The molecule has 4 heteroatoms. The maximum atomic E-state index is 5.31. The van der Waals surface area contributed by atoms with E-state index in [0.29, 0.717) is 0 Å². The van der Waals surface area contributed by atoms with E-state index in [0.717, 1.165) is 23.9 Å². The van der Waals surface area contributed by atoms with Crippen LogP contribution in [-0.4, -0.2) is 49.1 Å². The van der Waals surface area contributed by atoms with Gasteiger partial charge in [0.05, 0.1) is 0 Å². The molecule has 0 amide bonds. The van der Waals surface area contributed by atoms with Crippen LogP contribution in [0, 0.1) is 0 Å². The summed E-state index contributed by atoms with van der Waals surface area (Å²) in [4.78, 5) is 4.18. The molecular formula is C12H19N3S. The summed E-state index contributed by atoms with van der Waals surface area (Å²) in [5.41, 5.74) is 1.03. The maximum Gasteiger partial charge on any atom is 0.173 e. The first-order chi connectivity index (χ1) is 7.59. The molecule has 0 radical (unpaired) electrons. The average Bonchev–Trinajstić information content (AvgIpc) is 2.27. The minimum absolute atomic E-state index is 0.757. The molecule has 1 aromatic rings. The van der Waals surface area contributed by atoms with E-state index < -0.39 is 0 Å². The summed E-state index contributed by atoms with van der Waals surface area (Å²) in [5.74, 6) is 0. The molecule has 0 saturated heterocycles. The largest absolute Gasteiger partial charge is 0.351 e. The first kappa shape index (κ1) is 12.9. The Morgan fingerprint density at radius 3 is 2.31 bits per heavy atom. The molecule has 0 atom stereocenters. The number of likely N-dealkylation sites (N-methyl/N-ethyl adjacent to an activating group) is 2. The van der Waals surface area contributed by atoms with Crippen LogP contribution in [0.5, 0.6) is 0 Å². The molecule has 1 rings (SSSR count). The van der Waals surface area contributed by atoms with Crippen LogP contribution in [0.3, 0.4) is 0 Å². The third kappa shape index (κ3) is 4.59. The van der Waals surface area contributed by atoms with Crippen molar-refractivity contribution in [3.05, 3.63) is 30.3 Å². The first-order valence-corrected chi connectivity index (χ1v) is 5.72. The Hall–Kier alpha value is -1.13. The Bertz CT molecular complexity index is 324. The van der Waals surface area contributed by atoms with E-state index in [9.17, 15) is 0 Å². The van der Waals surface area contributed by atoms with Crippen molar-refractivity contribution in [2.75, 3.05) is 39.5 Å². The molecule has 1 aromatic carbocycles. The van der Waals surface area contributed by atoms with Gasteiger partial charge in [-0.15, -0.1) is 0 Å². The van der Waals surface area contributed by atoms with Crippen LogP contribution in [-0.2, 0) is 0 Å². The quantitative estimate of drug-likeness (QED) is 0.806. The zero-order valence-electron chi connectivity index (χ0n) is 10.1. The molecule has 0 saturated carbocycles. The molecule has 0 aliphatic heterocycles. The summed E-state index contributed by atoms with van der Waals surface area (Å²) in [7, 11) is 6.12. The standard InChI is InChI=1S/C12H19N3S/c1-14(2)9-10-15(3)12(16)13-11-7-5-4-6-8-11/h4-8H,9-10H2,1-3H3,(H,13,16). The predicted octanol–water partition coefficient (Wildman–Crippen LogP) is 1.88. The third-order valence-corrected chi connectivity index (χ3v) is 2.67. The number of rotatable bonds is 4. The van der Waals surface area contributed by atoms with Crippen molar-refractivity contribution in [2.45, 2.75) is 0 Å².